The predicted molar refractivity (Wildman–Crippen MR) is 143 cm³/mol. The number of hydrogen-bond acceptors (Lipinski definition) is 17. The maximum atomic E-state index is 15.5. The number of aliphatic hydroxyl groups excluding tert-OH is 2. The number of fused-ring (bicyclic) bond motifs is 2. The van der Waals surface area contributed by atoms with Crippen molar-refractivity contribution < 1.29 is 56.8 Å². The molecule has 25 heteroatoms. The van der Waals surface area contributed by atoms with Crippen LogP contribution in [0.3, 0.4) is 0 Å². The molecular formula is C20H24FN10O12P2+. The van der Waals surface area contributed by atoms with E-state index in [0.717, 1.165) is 17.2 Å². The number of H-pyrrole nitrogens is 1. The second kappa shape index (κ2) is 12.0. The third-order valence-corrected chi connectivity index (χ3v) is 8.21. The number of aliphatic hydroxyl groups is 2. The Hall–Kier alpha value is -3.60. The van der Waals surface area contributed by atoms with Gasteiger partial charge in [-0.2, -0.15) is 9.88 Å². The number of phosphoric acid groups is 1. The summed E-state index contributed by atoms with van der Waals surface area (Å²) in [5.41, 5.74) is 10.6. The number of anilines is 2. The molecule has 0 saturated carbocycles. The monoisotopic (exact) mass is 677 g/mol. The van der Waals surface area contributed by atoms with Crippen LogP contribution in [-0.4, -0.2) is 109 Å². The van der Waals surface area contributed by atoms with Crippen molar-refractivity contribution in [2.75, 3.05) is 24.4 Å². The second-order valence-electron chi connectivity index (χ2n) is 9.73. The van der Waals surface area contributed by atoms with Gasteiger partial charge in [-0.05, 0) is 4.57 Å². The average Bonchev–Trinajstić information content (AvgIpc) is 3.73. The van der Waals surface area contributed by atoms with E-state index < -0.39 is 83.7 Å². The zero-order valence-electron chi connectivity index (χ0n) is 22.4. The van der Waals surface area contributed by atoms with Gasteiger partial charge < -0.3 is 40.8 Å². The molecular weight excluding hydrogens is 653 g/mol. The number of imidazole rings is 2. The third kappa shape index (κ3) is 5.91. The Bertz CT molecular complexity index is 1860. The van der Waals surface area contributed by atoms with Crippen LogP contribution in [-0.2, 0) is 32.4 Å². The van der Waals surface area contributed by atoms with Crippen LogP contribution in [0.25, 0.3) is 22.3 Å². The van der Waals surface area contributed by atoms with Gasteiger partial charge in [0.1, 0.15) is 30.2 Å². The number of aromatic amines is 1. The maximum Gasteiger partial charge on any atom is 0.534 e. The number of nitrogens with zero attached hydrogens (tertiary/aromatic N) is 7. The van der Waals surface area contributed by atoms with Crippen molar-refractivity contribution in [1.29, 1.82) is 0 Å². The highest BCUT2D eigenvalue weighted by atomic mass is 31.2. The van der Waals surface area contributed by atoms with Gasteiger partial charge in [0.15, 0.2) is 53.7 Å². The number of nitrogen functional groups attached to an aromatic ring is 2. The SMILES string of the molecule is Nc1nc2c(ncn2[C@@H]2O[C@H](OC[P+](=O)O)[C@H](F)[C@@H]2OP(=O)(O)OC[C@H]2O[C@@H](n3cnc4c(N)ncnc43)[C@@H](O)[C@H]2O)c(=O)[nH]1. The lowest BCUT2D eigenvalue weighted by atomic mass is 10.1. The first-order valence-corrected chi connectivity index (χ1v) is 15.6. The van der Waals surface area contributed by atoms with Crippen molar-refractivity contribution in [3.8, 4) is 0 Å². The summed E-state index contributed by atoms with van der Waals surface area (Å²) in [6.45, 7) is -0.839. The molecule has 10 atom stereocenters. The molecule has 22 nitrogen and oxygen atoms in total. The van der Waals surface area contributed by atoms with Gasteiger partial charge >= 0.3 is 15.9 Å². The average molecular weight is 677 g/mol. The van der Waals surface area contributed by atoms with Gasteiger partial charge in [-0.3, -0.25) is 28.0 Å². The minimum absolute atomic E-state index is 0.0537. The first-order valence-electron chi connectivity index (χ1n) is 12.7. The lowest BCUT2D eigenvalue weighted by Gasteiger charge is -2.24. The Kier molecular flexibility index (Phi) is 8.34. The Labute approximate surface area is 249 Å². The van der Waals surface area contributed by atoms with Crippen LogP contribution in [0.4, 0.5) is 16.2 Å². The number of ether oxygens (including phenoxy) is 3. The molecule has 2 fully saturated rings. The molecule has 0 radical (unpaired) electrons. The van der Waals surface area contributed by atoms with Crippen LogP contribution >= 0.6 is 15.9 Å². The summed E-state index contributed by atoms with van der Waals surface area (Å²) >= 11 is 0. The fraction of sp³-hybridized carbons (Fsp3) is 0.500. The molecule has 0 spiro atoms. The van der Waals surface area contributed by atoms with Crippen LogP contribution in [0, 0.1) is 0 Å². The number of nitrogens with two attached hydrogens (primary N) is 2. The highest BCUT2D eigenvalue weighted by Crippen LogP contribution is 2.51. The first-order chi connectivity index (χ1) is 21.3. The molecule has 4 aromatic heterocycles. The van der Waals surface area contributed by atoms with E-state index in [2.05, 4.69) is 29.9 Å². The first kappa shape index (κ1) is 31.4. The number of aromatic nitrogens is 8. The predicted octanol–water partition coefficient (Wildman–Crippen LogP) is -1.85. The molecule has 242 valence electrons. The molecule has 0 bridgehead atoms. The second-order valence-corrected chi connectivity index (χ2v) is 12.1. The van der Waals surface area contributed by atoms with Crippen LogP contribution in [0.5, 0.6) is 0 Å². The number of hydrogen-bond donors (Lipinski definition) is 7. The zero-order chi connectivity index (χ0) is 32.2. The van der Waals surface area contributed by atoms with E-state index in [-0.39, 0.29) is 34.1 Å². The van der Waals surface area contributed by atoms with Crippen molar-refractivity contribution >= 4 is 49.9 Å². The summed E-state index contributed by atoms with van der Waals surface area (Å²) in [4.78, 5) is 53.8. The van der Waals surface area contributed by atoms with E-state index in [0.29, 0.717) is 0 Å². The van der Waals surface area contributed by atoms with E-state index in [4.69, 9.17) is 39.6 Å². The van der Waals surface area contributed by atoms with Gasteiger partial charge in [0, 0.05) is 0 Å². The van der Waals surface area contributed by atoms with Gasteiger partial charge in [-0.25, -0.2) is 28.9 Å². The molecule has 0 aromatic carbocycles. The van der Waals surface area contributed by atoms with Crippen LogP contribution in [0.15, 0.2) is 23.8 Å². The summed E-state index contributed by atoms with van der Waals surface area (Å²) in [7, 11) is -8.13. The molecule has 0 aliphatic carbocycles. The Morgan fingerprint density at radius 1 is 1.07 bits per heavy atom. The molecule has 2 saturated heterocycles. The summed E-state index contributed by atoms with van der Waals surface area (Å²) in [6, 6.07) is 0. The number of nitrogens with one attached hydrogen (secondary N) is 1. The van der Waals surface area contributed by atoms with Gasteiger partial charge in [-0.15, -0.1) is 0 Å². The fourth-order valence-electron chi connectivity index (χ4n) is 4.84. The quantitative estimate of drug-likeness (QED) is 0.0905. The lowest BCUT2D eigenvalue weighted by Crippen LogP contribution is -2.34. The molecule has 45 heavy (non-hydrogen) atoms. The smallest absolute Gasteiger partial charge is 0.387 e. The van der Waals surface area contributed by atoms with E-state index in [9.17, 15) is 29.0 Å². The normalized spacial score (nSPS) is 30.3. The van der Waals surface area contributed by atoms with Gasteiger partial charge in [0.25, 0.3) is 11.9 Å². The Balaban J connectivity index is 1.20. The summed E-state index contributed by atoms with van der Waals surface area (Å²) in [5.74, 6) is -0.282. The van der Waals surface area contributed by atoms with Crippen molar-refractivity contribution in [2.24, 2.45) is 0 Å². The standard InChI is InChI=1S/C20H23FN10O12P2/c21-7-12(18(42-19(7)39-5-44(35)36)31-4-27-9-15(31)28-20(23)29-16(9)34)43-45(37,38)40-1-6-10(32)11(33)17(41-6)30-3-26-8-13(22)24-2-25-14(8)30/h2-4,6-7,10-12,17-19,32-33H,1,5H2,(H6-,22,23,24,25,28,29,34,35,36,37,38)/p+1/t6-,7-,10+,11+,12+,17-,18-,19+/m1/s1. The molecule has 2 unspecified atom stereocenters. The minimum atomic E-state index is -5.24. The number of phosphoric ester groups is 1. The van der Waals surface area contributed by atoms with Gasteiger partial charge in [-0.1, -0.05) is 0 Å². The fourth-order valence-corrected chi connectivity index (χ4v) is 6.04. The molecule has 0 amide bonds. The molecule has 9 N–H and O–H groups in total. The largest absolute Gasteiger partial charge is 0.534 e. The van der Waals surface area contributed by atoms with Crippen LogP contribution in [0.1, 0.15) is 12.5 Å². The topological polar surface area (TPSA) is 320 Å². The summed E-state index contributed by atoms with van der Waals surface area (Å²) < 4.78 is 68.2. The van der Waals surface area contributed by atoms with Crippen molar-refractivity contribution in [3.63, 3.8) is 0 Å². The lowest BCUT2D eigenvalue weighted by molar-refractivity contribution is -0.156. The van der Waals surface area contributed by atoms with Crippen molar-refractivity contribution in [3.05, 3.63) is 29.3 Å². The highest BCUT2D eigenvalue weighted by Gasteiger charge is 2.53. The van der Waals surface area contributed by atoms with E-state index >= 15 is 4.39 Å². The minimum Gasteiger partial charge on any atom is -0.387 e. The van der Waals surface area contributed by atoms with E-state index in [1.54, 1.807) is 0 Å². The van der Waals surface area contributed by atoms with E-state index in [1.807, 2.05) is 0 Å². The summed E-state index contributed by atoms with van der Waals surface area (Å²) in [6.07, 6.45) is -11.3. The molecule has 6 heterocycles. The molecule has 2 aliphatic rings. The molecule has 6 rings (SSSR count). The summed E-state index contributed by atoms with van der Waals surface area (Å²) in [5, 5.41) is 21.2. The van der Waals surface area contributed by atoms with Crippen LogP contribution in [0.2, 0.25) is 0 Å². The Morgan fingerprint density at radius 3 is 2.51 bits per heavy atom. The highest BCUT2D eigenvalue weighted by molar-refractivity contribution is 7.47. The van der Waals surface area contributed by atoms with Gasteiger partial charge in [0.05, 0.1) is 19.3 Å². The van der Waals surface area contributed by atoms with Crippen molar-refractivity contribution in [2.45, 2.75) is 49.3 Å². The van der Waals surface area contributed by atoms with Gasteiger partial charge in [0.2, 0.25) is 5.95 Å². The van der Waals surface area contributed by atoms with Crippen LogP contribution < -0.4 is 17.0 Å². The number of halogens is 1. The third-order valence-electron chi connectivity index (χ3n) is 6.86. The van der Waals surface area contributed by atoms with E-state index in [1.165, 1.54) is 10.9 Å². The number of alkyl halides is 1. The molecule has 4 aromatic rings. The number of rotatable bonds is 10. The maximum absolute atomic E-state index is 15.5. The van der Waals surface area contributed by atoms with Crippen molar-refractivity contribution in [1.82, 2.24) is 39.0 Å². The Morgan fingerprint density at radius 2 is 1.78 bits per heavy atom. The zero-order valence-corrected chi connectivity index (χ0v) is 24.2. The molecule has 2 aliphatic heterocycles.